The summed E-state index contributed by atoms with van der Waals surface area (Å²) in [4.78, 5) is 0. The molecule has 0 aromatic carbocycles. The van der Waals surface area contributed by atoms with Crippen LogP contribution >= 0.6 is 0 Å². The van der Waals surface area contributed by atoms with Crippen LogP contribution in [0.2, 0.25) is 18.1 Å². The van der Waals surface area contributed by atoms with Gasteiger partial charge >= 0.3 is 0 Å². The summed E-state index contributed by atoms with van der Waals surface area (Å²) in [5, 5.41) is 0.335. The van der Waals surface area contributed by atoms with Crippen molar-refractivity contribution in [2.75, 3.05) is 0 Å². The molecular weight excluding hydrogens is 344 g/mol. The Bertz CT molecular complexity index is 563. The van der Waals surface area contributed by atoms with Gasteiger partial charge in [-0.15, -0.1) is 0 Å². The molecule has 7 atom stereocenters. The molecule has 0 bridgehead atoms. The Morgan fingerprint density at radius 2 is 1.59 bits per heavy atom. The molecule has 0 aliphatic heterocycles. The third kappa shape index (κ3) is 3.29. The first-order valence-electron chi connectivity index (χ1n) is 12.1. The minimum absolute atomic E-state index is 0.335. The monoisotopic (exact) mass is 390 g/mol. The van der Waals surface area contributed by atoms with E-state index < -0.39 is 8.32 Å². The third-order valence-electron chi connectivity index (χ3n) is 10.7. The maximum Gasteiger partial charge on any atom is 0.192 e. The molecule has 0 saturated heterocycles. The van der Waals surface area contributed by atoms with E-state index in [0.29, 0.717) is 22.0 Å². The van der Waals surface area contributed by atoms with E-state index >= 15 is 0 Å². The fraction of sp³-hybridized carbons (Fsp3) is 1.00. The zero-order chi connectivity index (χ0) is 19.7. The minimum Gasteiger partial charge on any atom is -0.414 e. The topological polar surface area (TPSA) is 9.23 Å². The summed E-state index contributed by atoms with van der Waals surface area (Å²) >= 11 is 0. The Kier molecular flexibility index (Phi) is 4.99. The minimum atomic E-state index is -1.64. The molecule has 0 aromatic rings. The molecule has 4 aliphatic carbocycles. The highest BCUT2D eigenvalue weighted by Crippen LogP contribution is 2.66. The van der Waals surface area contributed by atoms with E-state index in [1.807, 2.05) is 0 Å². The zero-order valence-electron chi connectivity index (χ0n) is 19.4. The van der Waals surface area contributed by atoms with Crippen molar-refractivity contribution in [3.63, 3.8) is 0 Å². The SMILES string of the molecule is CC(C)(C)[Si](C)(C)O[C@@H]1CC[C@@]2(C)C(CC[C@H]3[C@@H]4CCC[C@@]4(C)CC[C@@H]32)C1. The van der Waals surface area contributed by atoms with Crippen LogP contribution in [0.3, 0.4) is 0 Å². The molecule has 0 spiro atoms. The summed E-state index contributed by atoms with van der Waals surface area (Å²) in [6.07, 6.45) is 15.3. The predicted octanol–water partition coefficient (Wildman–Crippen LogP) is 7.81. The van der Waals surface area contributed by atoms with Crippen LogP contribution in [0, 0.1) is 34.5 Å². The maximum atomic E-state index is 6.90. The van der Waals surface area contributed by atoms with E-state index in [0.717, 1.165) is 23.7 Å². The predicted molar refractivity (Wildman–Crippen MR) is 118 cm³/mol. The number of rotatable bonds is 2. The highest BCUT2D eigenvalue weighted by molar-refractivity contribution is 6.74. The first kappa shape index (κ1) is 20.4. The largest absolute Gasteiger partial charge is 0.414 e. The fourth-order valence-corrected chi connectivity index (χ4v) is 9.31. The van der Waals surface area contributed by atoms with Crippen LogP contribution in [-0.4, -0.2) is 14.4 Å². The lowest BCUT2D eigenvalue weighted by molar-refractivity contribution is -0.119. The average Bonchev–Trinajstić information content (AvgIpc) is 2.95. The van der Waals surface area contributed by atoms with Crippen molar-refractivity contribution in [2.45, 2.75) is 123 Å². The van der Waals surface area contributed by atoms with Crippen LogP contribution in [0.5, 0.6) is 0 Å². The second-order valence-electron chi connectivity index (χ2n) is 13.0. The fourth-order valence-electron chi connectivity index (χ4n) is 7.91. The van der Waals surface area contributed by atoms with Gasteiger partial charge in [0, 0.05) is 6.10 Å². The van der Waals surface area contributed by atoms with Gasteiger partial charge in [-0.25, -0.2) is 0 Å². The van der Waals surface area contributed by atoms with Crippen LogP contribution in [0.15, 0.2) is 0 Å². The molecule has 2 heteroatoms. The van der Waals surface area contributed by atoms with Crippen LogP contribution < -0.4 is 0 Å². The molecule has 4 saturated carbocycles. The van der Waals surface area contributed by atoms with Crippen molar-refractivity contribution in [1.29, 1.82) is 0 Å². The molecule has 1 unspecified atom stereocenters. The lowest BCUT2D eigenvalue weighted by Gasteiger charge is -2.61. The average molecular weight is 391 g/mol. The first-order chi connectivity index (χ1) is 12.5. The summed E-state index contributed by atoms with van der Waals surface area (Å²) in [5.74, 6) is 4.04. The van der Waals surface area contributed by atoms with Crippen molar-refractivity contribution in [3.8, 4) is 0 Å². The molecule has 27 heavy (non-hydrogen) atoms. The van der Waals surface area contributed by atoms with Gasteiger partial charge in [0.1, 0.15) is 0 Å². The van der Waals surface area contributed by atoms with Crippen LogP contribution in [-0.2, 0) is 4.43 Å². The van der Waals surface area contributed by atoms with Gasteiger partial charge in [-0.3, -0.25) is 0 Å². The van der Waals surface area contributed by atoms with Gasteiger partial charge in [0.15, 0.2) is 8.32 Å². The smallest absolute Gasteiger partial charge is 0.192 e. The van der Waals surface area contributed by atoms with Crippen molar-refractivity contribution in [1.82, 2.24) is 0 Å². The van der Waals surface area contributed by atoms with E-state index in [4.69, 9.17) is 4.43 Å². The first-order valence-corrected chi connectivity index (χ1v) is 15.0. The number of hydrogen-bond acceptors (Lipinski definition) is 1. The van der Waals surface area contributed by atoms with Crippen LogP contribution in [0.25, 0.3) is 0 Å². The molecule has 0 N–H and O–H groups in total. The van der Waals surface area contributed by atoms with Gasteiger partial charge in [-0.1, -0.05) is 41.0 Å². The van der Waals surface area contributed by atoms with Crippen LogP contribution in [0.4, 0.5) is 0 Å². The summed E-state index contributed by atoms with van der Waals surface area (Å²) in [5.41, 5.74) is 1.31. The highest BCUT2D eigenvalue weighted by atomic mass is 28.4. The van der Waals surface area contributed by atoms with Crippen molar-refractivity contribution in [3.05, 3.63) is 0 Å². The summed E-state index contributed by atoms with van der Waals surface area (Å²) in [6.45, 7) is 17.4. The van der Waals surface area contributed by atoms with Gasteiger partial charge in [-0.05, 0) is 110 Å². The molecule has 0 heterocycles. The van der Waals surface area contributed by atoms with Gasteiger partial charge in [-0.2, -0.15) is 0 Å². The molecule has 156 valence electrons. The zero-order valence-corrected chi connectivity index (χ0v) is 20.4. The maximum absolute atomic E-state index is 6.90. The standard InChI is InChI=1S/C25H46OSi/c1-23(2,3)27(6,7)26-19-12-16-25(5)18(17-19)10-11-20-21-9-8-14-24(21,4)15-13-22(20)25/h18-22H,8-17H2,1-7H3/t18?,19-,20+,21+,22+,24+,25+/m1/s1. The van der Waals surface area contributed by atoms with Gasteiger partial charge in [0.2, 0.25) is 0 Å². The van der Waals surface area contributed by atoms with Crippen molar-refractivity contribution in [2.24, 2.45) is 34.5 Å². The van der Waals surface area contributed by atoms with Crippen molar-refractivity contribution < 1.29 is 4.43 Å². The Morgan fingerprint density at radius 3 is 2.30 bits per heavy atom. The molecule has 1 nitrogen and oxygen atoms in total. The molecular formula is C25H46OSi. The molecule has 4 rings (SSSR count). The van der Waals surface area contributed by atoms with Crippen LogP contribution in [0.1, 0.15) is 98.8 Å². The van der Waals surface area contributed by atoms with E-state index in [2.05, 4.69) is 47.7 Å². The summed E-state index contributed by atoms with van der Waals surface area (Å²) in [7, 11) is -1.64. The summed E-state index contributed by atoms with van der Waals surface area (Å²) < 4.78 is 6.90. The lowest BCUT2D eigenvalue weighted by Crippen LogP contribution is -2.54. The lowest BCUT2D eigenvalue weighted by atomic mass is 9.45. The Hall–Kier alpha value is 0.177. The second-order valence-corrected chi connectivity index (χ2v) is 17.8. The molecule has 0 radical (unpaired) electrons. The van der Waals surface area contributed by atoms with E-state index in [1.165, 1.54) is 64.2 Å². The molecule has 0 amide bonds. The summed E-state index contributed by atoms with van der Waals surface area (Å²) in [6, 6.07) is 0. The Balaban J connectivity index is 1.47. The van der Waals surface area contributed by atoms with Gasteiger partial charge in [0.05, 0.1) is 0 Å². The second kappa shape index (κ2) is 6.59. The van der Waals surface area contributed by atoms with Gasteiger partial charge < -0.3 is 4.43 Å². The number of fused-ring (bicyclic) bond motifs is 5. The highest BCUT2D eigenvalue weighted by Gasteiger charge is 2.58. The molecule has 4 aliphatic rings. The molecule has 0 aromatic heterocycles. The van der Waals surface area contributed by atoms with E-state index in [-0.39, 0.29) is 0 Å². The Labute approximate surface area is 170 Å². The normalized spacial score (nSPS) is 47.9. The van der Waals surface area contributed by atoms with Crippen molar-refractivity contribution >= 4 is 8.32 Å². The van der Waals surface area contributed by atoms with E-state index in [1.54, 1.807) is 0 Å². The van der Waals surface area contributed by atoms with Gasteiger partial charge in [0.25, 0.3) is 0 Å². The molecule has 4 fully saturated rings. The third-order valence-corrected chi connectivity index (χ3v) is 15.2. The quantitative estimate of drug-likeness (QED) is 0.437. The number of hydrogen-bond donors (Lipinski definition) is 0. The Morgan fingerprint density at radius 1 is 0.852 bits per heavy atom. The van der Waals surface area contributed by atoms with E-state index in [9.17, 15) is 0 Å².